The number of aromatic nitrogens is 1. The molecule has 0 saturated carbocycles. The first-order chi connectivity index (χ1) is 7.45. The molecule has 0 amide bonds. The van der Waals surface area contributed by atoms with Crippen molar-refractivity contribution in [3.05, 3.63) is 35.3 Å². The van der Waals surface area contributed by atoms with Gasteiger partial charge in [-0.05, 0) is 30.7 Å². The van der Waals surface area contributed by atoms with Crippen LogP contribution in [0, 0.1) is 12.7 Å². The number of halogens is 1. The van der Waals surface area contributed by atoms with Crippen molar-refractivity contribution >= 4 is 10.9 Å². The highest BCUT2D eigenvalue weighted by molar-refractivity contribution is 5.85. The average molecular weight is 220 g/mol. The van der Waals surface area contributed by atoms with Crippen molar-refractivity contribution in [2.45, 2.75) is 26.2 Å². The Balaban J connectivity index is 2.74. The van der Waals surface area contributed by atoms with E-state index in [2.05, 4.69) is 18.8 Å². The van der Waals surface area contributed by atoms with Gasteiger partial charge in [0.05, 0.1) is 0 Å². The lowest BCUT2D eigenvalue weighted by Crippen LogP contribution is -2.28. The highest BCUT2D eigenvalue weighted by Gasteiger charge is 2.24. The molecular formula is C13H17FN2. The second kappa shape index (κ2) is 3.59. The van der Waals surface area contributed by atoms with E-state index in [0.717, 1.165) is 16.6 Å². The van der Waals surface area contributed by atoms with E-state index in [4.69, 9.17) is 5.73 Å². The molecule has 86 valence electrons. The van der Waals surface area contributed by atoms with Gasteiger partial charge in [0.1, 0.15) is 5.82 Å². The maximum atomic E-state index is 13.1. The summed E-state index contributed by atoms with van der Waals surface area (Å²) in [6, 6.07) is 4.84. The van der Waals surface area contributed by atoms with Gasteiger partial charge in [-0.25, -0.2) is 4.39 Å². The second-order valence-corrected chi connectivity index (χ2v) is 4.90. The normalized spacial score (nSPS) is 12.3. The summed E-state index contributed by atoms with van der Waals surface area (Å²) in [7, 11) is 0. The van der Waals surface area contributed by atoms with Crippen LogP contribution in [-0.2, 0) is 5.41 Å². The first kappa shape index (κ1) is 11.1. The molecule has 3 N–H and O–H groups in total. The quantitative estimate of drug-likeness (QED) is 0.802. The molecule has 1 aromatic heterocycles. The van der Waals surface area contributed by atoms with Crippen molar-refractivity contribution in [1.82, 2.24) is 4.98 Å². The summed E-state index contributed by atoms with van der Waals surface area (Å²) in [5.74, 6) is -0.217. The topological polar surface area (TPSA) is 41.8 Å². The third-order valence-corrected chi connectivity index (χ3v) is 3.14. The lowest BCUT2D eigenvalue weighted by Gasteiger charge is -2.23. The predicted octanol–water partition coefficient (Wildman–Crippen LogP) is 2.85. The number of rotatable bonds is 2. The Kier molecular flexibility index (Phi) is 2.50. The van der Waals surface area contributed by atoms with Crippen LogP contribution in [0.4, 0.5) is 4.39 Å². The molecule has 1 aromatic carbocycles. The van der Waals surface area contributed by atoms with E-state index in [1.165, 1.54) is 17.7 Å². The smallest absolute Gasteiger partial charge is 0.125 e. The Morgan fingerprint density at radius 2 is 2.06 bits per heavy atom. The van der Waals surface area contributed by atoms with Crippen LogP contribution in [0.5, 0.6) is 0 Å². The van der Waals surface area contributed by atoms with Crippen LogP contribution in [0.25, 0.3) is 10.9 Å². The number of hydrogen-bond donors (Lipinski definition) is 2. The minimum absolute atomic E-state index is 0.0971. The van der Waals surface area contributed by atoms with E-state index in [0.29, 0.717) is 6.54 Å². The van der Waals surface area contributed by atoms with Crippen molar-refractivity contribution in [1.29, 1.82) is 0 Å². The van der Waals surface area contributed by atoms with Crippen LogP contribution in [0.1, 0.15) is 25.1 Å². The first-order valence-corrected chi connectivity index (χ1v) is 5.44. The number of nitrogens with one attached hydrogen (secondary N) is 1. The third-order valence-electron chi connectivity index (χ3n) is 3.14. The molecule has 0 aliphatic heterocycles. The number of H-pyrrole nitrogens is 1. The third kappa shape index (κ3) is 1.61. The molecular weight excluding hydrogens is 203 g/mol. The zero-order valence-corrected chi connectivity index (χ0v) is 9.89. The number of aromatic amines is 1. The Labute approximate surface area is 94.7 Å². The van der Waals surface area contributed by atoms with Gasteiger partial charge < -0.3 is 10.7 Å². The Hall–Kier alpha value is -1.35. The Morgan fingerprint density at radius 3 is 2.69 bits per heavy atom. The lowest BCUT2D eigenvalue weighted by molar-refractivity contribution is 0.540. The summed E-state index contributed by atoms with van der Waals surface area (Å²) < 4.78 is 13.1. The lowest BCUT2D eigenvalue weighted by atomic mass is 9.83. The highest BCUT2D eigenvalue weighted by Crippen LogP contribution is 2.32. The van der Waals surface area contributed by atoms with Gasteiger partial charge in [-0.2, -0.15) is 0 Å². The molecule has 16 heavy (non-hydrogen) atoms. The molecule has 0 atom stereocenters. The van der Waals surface area contributed by atoms with Crippen molar-refractivity contribution in [3.8, 4) is 0 Å². The fourth-order valence-corrected chi connectivity index (χ4v) is 2.28. The summed E-state index contributed by atoms with van der Waals surface area (Å²) >= 11 is 0. The number of nitrogens with two attached hydrogens (primary N) is 1. The molecule has 0 aliphatic rings. The van der Waals surface area contributed by atoms with Gasteiger partial charge in [-0.15, -0.1) is 0 Å². The molecule has 2 aromatic rings. The summed E-state index contributed by atoms with van der Waals surface area (Å²) in [5, 5.41) is 1.06. The standard InChI is InChI=1S/C13H17FN2/c1-8-12(13(2,3)7-15)10-5-4-9(14)6-11(10)16-8/h4-6,16H,7,15H2,1-3H3. The summed E-state index contributed by atoms with van der Waals surface area (Å²) in [5.41, 5.74) is 8.79. The molecule has 0 unspecified atom stereocenters. The molecule has 2 rings (SSSR count). The number of benzene rings is 1. The van der Waals surface area contributed by atoms with Crippen LogP contribution in [-0.4, -0.2) is 11.5 Å². The van der Waals surface area contributed by atoms with Gasteiger partial charge in [0.25, 0.3) is 0 Å². The van der Waals surface area contributed by atoms with E-state index in [-0.39, 0.29) is 11.2 Å². The fourth-order valence-electron chi connectivity index (χ4n) is 2.28. The van der Waals surface area contributed by atoms with E-state index < -0.39 is 0 Å². The molecule has 1 heterocycles. The molecule has 0 radical (unpaired) electrons. The van der Waals surface area contributed by atoms with Gasteiger partial charge in [0.15, 0.2) is 0 Å². The Bertz CT molecular complexity index is 526. The van der Waals surface area contributed by atoms with Crippen molar-refractivity contribution in [2.75, 3.05) is 6.54 Å². The van der Waals surface area contributed by atoms with Crippen molar-refractivity contribution < 1.29 is 4.39 Å². The van der Waals surface area contributed by atoms with Gasteiger partial charge in [0, 0.05) is 28.6 Å². The molecule has 0 spiro atoms. The van der Waals surface area contributed by atoms with Crippen molar-refractivity contribution in [2.24, 2.45) is 5.73 Å². The molecule has 0 fully saturated rings. The molecule has 0 aliphatic carbocycles. The van der Waals surface area contributed by atoms with Crippen LogP contribution in [0.3, 0.4) is 0 Å². The minimum Gasteiger partial charge on any atom is -0.358 e. The van der Waals surface area contributed by atoms with E-state index in [1.54, 1.807) is 0 Å². The van der Waals surface area contributed by atoms with E-state index in [9.17, 15) is 4.39 Å². The van der Waals surface area contributed by atoms with Gasteiger partial charge in [-0.3, -0.25) is 0 Å². The summed E-state index contributed by atoms with van der Waals surface area (Å²) in [6.07, 6.45) is 0. The summed E-state index contributed by atoms with van der Waals surface area (Å²) in [4.78, 5) is 3.21. The zero-order valence-electron chi connectivity index (χ0n) is 9.89. The maximum absolute atomic E-state index is 13.1. The predicted molar refractivity (Wildman–Crippen MR) is 65.1 cm³/mol. The number of hydrogen-bond acceptors (Lipinski definition) is 1. The van der Waals surface area contributed by atoms with Gasteiger partial charge >= 0.3 is 0 Å². The largest absolute Gasteiger partial charge is 0.358 e. The van der Waals surface area contributed by atoms with Crippen LogP contribution < -0.4 is 5.73 Å². The van der Waals surface area contributed by atoms with E-state index in [1.807, 2.05) is 13.0 Å². The van der Waals surface area contributed by atoms with Gasteiger partial charge in [0.2, 0.25) is 0 Å². The number of fused-ring (bicyclic) bond motifs is 1. The molecule has 0 saturated heterocycles. The van der Waals surface area contributed by atoms with Crippen molar-refractivity contribution in [3.63, 3.8) is 0 Å². The van der Waals surface area contributed by atoms with Crippen LogP contribution in [0.15, 0.2) is 18.2 Å². The SMILES string of the molecule is Cc1[nH]c2cc(F)ccc2c1C(C)(C)CN. The molecule has 0 bridgehead atoms. The summed E-state index contributed by atoms with van der Waals surface area (Å²) in [6.45, 7) is 6.78. The average Bonchev–Trinajstić information content (AvgIpc) is 2.53. The minimum atomic E-state index is -0.217. The maximum Gasteiger partial charge on any atom is 0.125 e. The molecule has 3 heteroatoms. The highest BCUT2D eigenvalue weighted by atomic mass is 19.1. The first-order valence-electron chi connectivity index (χ1n) is 5.44. The second-order valence-electron chi connectivity index (χ2n) is 4.90. The zero-order chi connectivity index (χ0) is 11.9. The monoisotopic (exact) mass is 220 g/mol. The van der Waals surface area contributed by atoms with Crippen LogP contribution >= 0.6 is 0 Å². The number of aryl methyl sites for hydroxylation is 1. The Morgan fingerprint density at radius 1 is 1.38 bits per heavy atom. The molecule has 2 nitrogen and oxygen atoms in total. The van der Waals surface area contributed by atoms with Gasteiger partial charge in [-0.1, -0.05) is 13.8 Å². The fraction of sp³-hybridized carbons (Fsp3) is 0.385. The van der Waals surface area contributed by atoms with E-state index >= 15 is 0 Å². The van der Waals surface area contributed by atoms with Crippen LogP contribution in [0.2, 0.25) is 0 Å².